The average molecular weight is 341 g/mol. The summed E-state index contributed by atoms with van der Waals surface area (Å²) in [6.07, 6.45) is 4.49. The van der Waals surface area contributed by atoms with Crippen LogP contribution in [0.3, 0.4) is 0 Å². The topological polar surface area (TPSA) is 38.3 Å². The van der Waals surface area contributed by atoms with Crippen LogP contribution in [0.2, 0.25) is 0 Å². The molecule has 1 N–H and O–H groups in total. The second-order valence-electron chi connectivity index (χ2n) is 6.65. The molecular formula is C21H24FNO2. The monoisotopic (exact) mass is 341 g/mol. The fourth-order valence-corrected chi connectivity index (χ4v) is 3.68. The van der Waals surface area contributed by atoms with Gasteiger partial charge in [0.05, 0.1) is 12.5 Å². The molecule has 1 aliphatic rings. The third-order valence-corrected chi connectivity index (χ3v) is 5.15. The highest BCUT2D eigenvalue weighted by atomic mass is 19.1. The van der Waals surface area contributed by atoms with E-state index in [0.29, 0.717) is 6.54 Å². The standard InChI is InChI=1S/C21H24FNO2/c1-25-19-10-4-16(5-11-19)12-15-23-20(24)21(13-2-3-14-21)17-6-8-18(22)9-7-17/h4-11H,2-3,12-15H2,1H3,(H,23,24). The minimum absolute atomic E-state index is 0.0603. The summed E-state index contributed by atoms with van der Waals surface area (Å²) in [4.78, 5) is 12.9. The van der Waals surface area contributed by atoms with Gasteiger partial charge in [-0.1, -0.05) is 37.1 Å². The number of rotatable bonds is 6. The zero-order valence-corrected chi connectivity index (χ0v) is 14.6. The maximum absolute atomic E-state index is 13.2. The molecule has 0 bridgehead atoms. The number of hydrogen-bond acceptors (Lipinski definition) is 2. The van der Waals surface area contributed by atoms with Crippen molar-refractivity contribution in [1.29, 1.82) is 0 Å². The first-order valence-corrected chi connectivity index (χ1v) is 8.81. The van der Waals surface area contributed by atoms with Crippen molar-refractivity contribution in [3.63, 3.8) is 0 Å². The molecule has 0 radical (unpaired) electrons. The maximum Gasteiger partial charge on any atom is 0.230 e. The van der Waals surface area contributed by atoms with Gasteiger partial charge in [-0.25, -0.2) is 4.39 Å². The van der Waals surface area contributed by atoms with E-state index in [2.05, 4.69) is 5.32 Å². The van der Waals surface area contributed by atoms with Crippen LogP contribution >= 0.6 is 0 Å². The Morgan fingerprint density at radius 1 is 1.08 bits per heavy atom. The number of methoxy groups -OCH3 is 1. The summed E-state index contributed by atoms with van der Waals surface area (Å²) in [6.45, 7) is 0.591. The van der Waals surface area contributed by atoms with Crippen LogP contribution in [-0.4, -0.2) is 19.6 Å². The van der Waals surface area contributed by atoms with Gasteiger partial charge in [-0.3, -0.25) is 4.79 Å². The zero-order valence-electron chi connectivity index (χ0n) is 14.6. The van der Waals surface area contributed by atoms with Crippen molar-refractivity contribution in [3.05, 3.63) is 65.5 Å². The molecule has 1 aliphatic carbocycles. The van der Waals surface area contributed by atoms with Crippen LogP contribution in [0.4, 0.5) is 4.39 Å². The molecule has 3 rings (SSSR count). The zero-order chi connectivity index (χ0) is 17.7. The number of nitrogens with one attached hydrogen (secondary N) is 1. The Labute approximate surface area is 148 Å². The number of carbonyl (C=O) groups excluding carboxylic acids is 1. The van der Waals surface area contributed by atoms with E-state index in [1.165, 1.54) is 12.1 Å². The maximum atomic E-state index is 13.2. The molecule has 1 fully saturated rings. The molecule has 2 aromatic rings. The van der Waals surface area contributed by atoms with Crippen molar-refractivity contribution >= 4 is 5.91 Å². The van der Waals surface area contributed by atoms with Gasteiger partial charge in [0.2, 0.25) is 5.91 Å². The van der Waals surface area contributed by atoms with Gasteiger partial charge in [-0.05, 0) is 54.7 Å². The largest absolute Gasteiger partial charge is 0.497 e. The molecule has 0 aromatic heterocycles. The highest BCUT2D eigenvalue weighted by Gasteiger charge is 2.42. The normalized spacial score (nSPS) is 15.8. The lowest BCUT2D eigenvalue weighted by molar-refractivity contribution is -0.126. The van der Waals surface area contributed by atoms with Crippen LogP contribution in [0, 0.1) is 5.82 Å². The predicted octanol–water partition coefficient (Wildman–Crippen LogP) is 4.01. The Morgan fingerprint density at radius 3 is 2.32 bits per heavy atom. The Hall–Kier alpha value is -2.36. The van der Waals surface area contributed by atoms with Crippen molar-refractivity contribution in [2.24, 2.45) is 0 Å². The van der Waals surface area contributed by atoms with E-state index in [-0.39, 0.29) is 11.7 Å². The molecule has 1 saturated carbocycles. The first kappa shape index (κ1) is 17.5. The predicted molar refractivity (Wildman–Crippen MR) is 96.3 cm³/mol. The van der Waals surface area contributed by atoms with Gasteiger partial charge < -0.3 is 10.1 Å². The first-order chi connectivity index (χ1) is 12.1. The molecule has 0 aliphatic heterocycles. The van der Waals surface area contributed by atoms with E-state index in [0.717, 1.165) is 49.0 Å². The Balaban J connectivity index is 1.64. The average Bonchev–Trinajstić information content (AvgIpc) is 3.14. The number of ether oxygens (including phenoxy) is 1. The highest BCUT2D eigenvalue weighted by Crippen LogP contribution is 2.41. The van der Waals surface area contributed by atoms with Crippen LogP contribution < -0.4 is 10.1 Å². The van der Waals surface area contributed by atoms with Crippen molar-refractivity contribution < 1.29 is 13.9 Å². The fraction of sp³-hybridized carbons (Fsp3) is 0.381. The summed E-state index contributed by atoms with van der Waals surface area (Å²) in [5, 5.41) is 3.09. The summed E-state index contributed by atoms with van der Waals surface area (Å²) < 4.78 is 18.4. The van der Waals surface area contributed by atoms with Crippen molar-refractivity contribution in [2.45, 2.75) is 37.5 Å². The second-order valence-corrected chi connectivity index (χ2v) is 6.65. The van der Waals surface area contributed by atoms with E-state index in [4.69, 9.17) is 4.74 Å². The SMILES string of the molecule is COc1ccc(CCNC(=O)C2(c3ccc(F)cc3)CCCC2)cc1. The van der Waals surface area contributed by atoms with E-state index in [1.54, 1.807) is 19.2 Å². The van der Waals surface area contributed by atoms with Crippen molar-refractivity contribution in [2.75, 3.05) is 13.7 Å². The summed E-state index contributed by atoms with van der Waals surface area (Å²) in [5.74, 6) is 0.621. The van der Waals surface area contributed by atoms with Crippen LogP contribution in [0.5, 0.6) is 5.75 Å². The van der Waals surface area contributed by atoms with Crippen LogP contribution in [0.25, 0.3) is 0 Å². The molecule has 2 aromatic carbocycles. The first-order valence-electron chi connectivity index (χ1n) is 8.81. The molecule has 0 atom stereocenters. The fourth-order valence-electron chi connectivity index (χ4n) is 3.68. The second kappa shape index (κ2) is 7.68. The van der Waals surface area contributed by atoms with Crippen LogP contribution in [0.1, 0.15) is 36.8 Å². The van der Waals surface area contributed by atoms with Gasteiger partial charge in [0, 0.05) is 6.54 Å². The third kappa shape index (κ3) is 3.84. The third-order valence-electron chi connectivity index (χ3n) is 5.15. The molecule has 4 heteroatoms. The molecule has 132 valence electrons. The summed E-state index contributed by atoms with van der Waals surface area (Å²) >= 11 is 0. The van der Waals surface area contributed by atoms with Gasteiger partial charge >= 0.3 is 0 Å². The number of amides is 1. The van der Waals surface area contributed by atoms with E-state index < -0.39 is 5.41 Å². The van der Waals surface area contributed by atoms with Crippen molar-refractivity contribution in [3.8, 4) is 5.75 Å². The Bertz CT molecular complexity index is 704. The lowest BCUT2D eigenvalue weighted by Crippen LogP contribution is -2.43. The summed E-state index contributed by atoms with van der Waals surface area (Å²) in [5.41, 5.74) is 1.57. The number of benzene rings is 2. The van der Waals surface area contributed by atoms with Gasteiger partial charge in [0.1, 0.15) is 11.6 Å². The molecule has 1 amide bonds. The van der Waals surface area contributed by atoms with Crippen LogP contribution in [-0.2, 0) is 16.6 Å². The van der Waals surface area contributed by atoms with E-state index in [1.807, 2.05) is 24.3 Å². The summed E-state index contributed by atoms with van der Waals surface area (Å²) in [6, 6.07) is 14.3. The van der Waals surface area contributed by atoms with Gasteiger partial charge in [0.25, 0.3) is 0 Å². The summed E-state index contributed by atoms with van der Waals surface area (Å²) in [7, 11) is 1.64. The number of carbonyl (C=O) groups is 1. The lowest BCUT2D eigenvalue weighted by Gasteiger charge is -2.28. The minimum atomic E-state index is -0.506. The Kier molecular flexibility index (Phi) is 5.37. The molecule has 3 nitrogen and oxygen atoms in total. The quantitative estimate of drug-likeness (QED) is 0.862. The molecule has 25 heavy (non-hydrogen) atoms. The molecule has 0 heterocycles. The van der Waals surface area contributed by atoms with Gasteiger partial charge in [0.15, 0.2) is 0 Å². The van der Waals surface area contributed by atoms with Crippen molar-refractivity contribution in [1.82, 2.24) is 5.32 Å². The number of hydrogen-bond donors (Lipinski definition) is 1. The number of halogens is 1. The van der Waals surface area contributed by atoms with Gasteiger partial charge in [-0.2, -0.15) is 0 Å². The molecule has 0 saturated heterocycles. The van der Waals surface area contributed by atoms with E-state index in [9.17, 15) is 9.18 Å². The molecule has 0 spiro atoms. The van der Waals surface area contributed by atoms with Crippen LogP contribution in [0.15, 0.2) is 48.5 Å². The lowest BCUT2D eigenvalue weighted by atomic mass is 9.78. The highest BCUT2D eigenvalue weighted by molar-refractivity contribution is 5.88. The van der Waals surface area contributed by atoms with E-state index >= 15 is 0 Å². The smallest absolute Gasteiger partial charge is 0.230 e. The molecular weight excluding hydrogens is 317 g/mol. The minimum Gasteiger partial charge on any atom is -0.497 e. The van der Waals surface area contributed by atoms with Gasteiger partial charge in [-0.15, -0.1) is 0 Å². The molecule has 0 unspecified atom stereocenters. The Morgan fingerprint density at radius 2 is 1.72 bits per heavy atom.